The van der Waals surface area contributed by atoms with E-state index in [9.17, 15) is 4.79 Å². The van der Waals surface area contributed by atoms with Gasteiger partial charge in [-0.2, -0.15) is 0 Å². The molecule has 2 saturated heterocycles. The molecule has 0 spiro atoms. The molecule has 1 amide bonds. The SMILES string of the molecule is Cn1c(CN2CCCCC2)nnc1[C@@H]1CCCN(C(=O)CCO)C1. The van der Waals surface area contributed by atoms with Crippen LogP contribution in [0.2, 0.25) is 0 Å². The molecule has 1 N–H and O–H groups in total. The molecule has 134 valence electrons. The Morgan fingerprint density at radius 2 is 1.96 bits per heavy atom. The van der Waals surface area contributed by atoms with E-state index in [1.165, 1.54) is 19.3 Å². The molecule has 1 aromatic rings. The fourth-order valence-corrected chi connectivity index (χ4v) is 3.85. The number of carbonyl (C=O) groups is 1. The van der Waals surface area contributed by atoms with Crippen LogP contribution in [0.1, 0.15) is 56.1 Å². The summed E-state index contributed by atoms with van der Waals surface area (Å²) in [6.07, 6.45) is 6.12. The zero-order chi connectivity index (χ0) is 16.9. The van der Waals surface area contributed by atoms with E-state index in [4.69, 9.17) is 5.11 Å². The van der Waals surface area contributed by atoms with E-state index in [1.807, 2.05) is 11.9 Å². The first kappa shape index (κ1) is 17.4. The maximum atomic E-state index is 12.0. The third-order valence-electron chi connectivity index (χ3n) is 5.28. The van der Waals surface area contributed by atoms with Gasteiger partial charge in [-0.15, -0.1) is 10.2 Å². The number of amides is 1. The summed E-state index contributed by atoms with van der Waals surface area (Å²) in [7, 11) is 2.04. The maximum absolute atomic E-state index is 12.0. The highest BCUT2D eigenvalue weighted by Crippen LogP contribution is 2.26. The fraction of sp³-hybridized carbons (Fsp3) is 0.824. The van der Waals surface area contributed by atoms with Gasteiger partial charge in [-0.1, -0.05) is 6.42 Å². The molecule has 7 heteroatoms. The molecule has 0 unspecified atom stereocenters. The highest BCUT2D eigenvalue weighted by atomic mass is 16.3. The minimum absolute atomic E-state index is 0.0397. The number of likely N-dealkylation sites (tertiary alicyclic amines) is 2. The third kappa shape index (κ3) is 3.95. The van der Waals surface area contributed by atoms with Crippen molar-refractivity contribution in [2.45, 2.75) is 51.0 Å². The first-order chi connectivity index (χ1) is 11.7. The van der Waals surface area contributed by atoms with E-state index in [0.29, 0.717) is 6.54 Å². The topological polar surface area (TPSA) is 74.5 Å². The van der Waals surface area contributed by atoms with Crippen molar-refractivity contribution in [2.24, 2.45) is 7.05 Å². The van der Waals surface area contributed by atoms with Crippen molar-refractivity contribution in [3.8, 4) is 0 Å². The number of nitrogens with zero attached hydrogens (tertiary/aromatic N) is 5. The van der Waals surface area contributed by atoms with Gasteiger partial charge >= 0.3 is 0 Å². The Bertz CT molecular complexity index is 553. The van der Waals surface area contributed by atoms with Crippen LogP contribution in [0.25, 0.3) is 0 Å². The van der Waals surface area contributed by atoms with Gasteiger partial charge in [0.25, 0.3) is 0 Å². The van der Waals surface area contributed by atoms with Gasteiger partial charge in [-0.3, -0.25) is 9.69 Å². The van der Waals surface area contributed by atoms with Gasteiger partial charge in [0.2, 0.25) is 5.91 Å². The van der Waals surface area contributed by atoms with Gasteiger partial charge in [-0.25, -0.2) is 0 Å². The average Bonchev–Trinajstić information content (AvgIpc) is 2.97. The number of hydrogen-bond acceptors (Lipinski definition) is 5. The molecule has 3 rings (SSSR count). The number of hydrogen-bond donors (Lipinski definition) is 1. The number of aliphatic hydroxyl groups is 1. The zero-order valence-electron chi connectivity index (χ0n) is 14.7. The highest BCUT2D eigenvalue weighted by Gasteiger charge is 2.28. The Hall–Kier alpha value is -1.47. The van der Waals surface area contributed by atoms with E-state index < -0.39 is 0 Å². The average molecular weight is 335 g/mol. The van der Waals surface area contributed by atoms with Crippen LogP contribution in [0.3, 0.4) is 0 Å². The molecule has 0 aromatic carbocycles. The number of aromatic nitrogens is 3. The van der Waals surface area contributed by atoms with Crippen molar-refractivity contribution < 1.29 is 9.90 Å². The van der Waals surface area contributed by atoms with E-state index in [1.54, 1.807) is 0 Å². The summed E-state index contributed by atoms with van der Waals surface area (Å²) < 4.78 is 2.12. The van der Waals surface area contributed by atoms with Crippen LogP contribution in [0, 0.1) is 0 Å². The summed E-state index contributed by atoms with van der Waals surface area (Å²) in [4.78, 5) is 16.4. The summed E-state index contributed by atoms with van der Waals surface area (Å²) in [6.45, 7) is 4.56. The summed E-state index contributed by atoms with van der Waals surface area (Å²) in [5.41, 5.74) is 0. The van der Waals surface area contributed by atoms with Gasteiger partial charge in [0, 0.05) is 32.5 Å². The maximum Gasteiger partial charge on any atom is 0.224 e. The minimum Gasteiger partial charge on any atom is -0.396 e. The van der Waals surface area contributed by atoms with Crippen LogP contribution in [0.4, 0.5) is 0 Å². The van der Waals surface area contributed by atoms with Crippen molar-refractivity contribution in [1.29, 1.82) is 0 Å². The van der Waals surface area contributed by atoms with Gasteiger partial charge in [0.05, 0.1) is 13.2 Å². The summed E-state index contributed by atoms with van der Waals surface area (Å²) in [5.74, 6) is 2.29. The predicted octanol–water partition coefficient (Wildman–Crippen LogP) is 0.889. The molecule has 24 heavy (non-hydrogen) atoms. The van der Waals surface area contributed by atoms with Gasteiger partial charge in [0.15, 0.2) is 0 Å². The lowest BCUT2D eigenvalue weighted by atomic mass is 9.97. The van der Waals surface area contributed by atoms with Crippen LogP contribution < -0.4 is 0 Å². The molecular formula is C17H29N5O2. The van der Waals surface area contributed by atoms with Gasteiger partial charge < -0.3 is 14.6 Å². The second-order valence-corrected chi connectivity index (χ2v) is 7.02. The van der Waals surface area contributed by atoms with Crippen LogP contribution in [0.15, 0.2) is 0 Å². The Balaban J connectivity index is 1.64. The Labute approximate surface area is 143 Å². The molecule has 2 aliphatic heterocycles. The van der Waals surface area contributed by atoms with Crippen molar-refractivity contribution in [1.82, 2.24) is 24.6 Å². The molecule has 0 aliphatic carbocycles. The molecule has 0 radical (unpaired) electrons. The number of rotatable bonds is 5. The Morgan fingerprint density at radius 3 is 2.71 bits per heavy atom. The largest absolute Gasteiger partial charge is 0.396 e. The van der Waals surface area contributed by atoms with Gasteiger partial charge in [-0.05, 0) is 38.8 Å². The van der Waals surface area contributed by atoms with Crippen molar-refractivity contribution in [3.05, 3.63) is 11.6 Å². The number of piperidine rings is 2. The lowest BCUT2D eigenvalue weighted by Crippen LogP contribution is -2.40. The molecule has 7 nitrogen and oxygen atoms in total. The van der Waals surface area contributed by atoms with Crippen molar-refractivity contribution in [2.75, 3.05) is 32.8 Å². The second-order valence-electron chi connectivity index (χ2n) is 7.02. The zero-order valence-corrected chi connectivity index (χ0v) is 14.7. The van der Waals surface area contributed by atoms with Crippen molar-refractivity contribution >= 4 is 5.91 Å². The number of aliphatic hydroxyl groups excluding tert-OH is 1. The van der Waals surface area contributed by atoms with E-state index in [0.717, 1.165) is 50.7 Å². The van der Waals surface area contributed by atoms with Crippen molar-refractivity contribution in [3.63, 3.8) is 0 Å². The molecule has 1 atom stereocenters. The first-order valence-electron chi connectivity index (χ1n) is 9.18. The molecule has 2 fully saturated rings. The summed E-state index contributed by atoms with van der Waals surface area (Å²) in [6, 6.07) is 0. The molecule has 3 heterocycles. The van der Waals surface area contributed by atoms with E-state index in [-0.39, 0.29) is 24.9 Å². The normalized spacial score (nSPS) is 22.8. The quantitative estimate of drug-likeness (QED) is 0.865. The predicted molar refractivity (Wildman–Crippen MR) is 90.4 cm³/mol. The van der Waals surface area contributed by atoms with Crippen LogP contribution >= 0.6 is 0 Å². The number of carbonyl (C=O) groups excluding carboxylic acids is 1. The second kappa shape index (κ2) is 8.07. The molecule has 0 bridgehead atoms. The monoisotopic (exact) mass is 335 g/mol. The lowest BCUT2D eigenvalue weighted by Gasteiger charge is -2.32. The summed E-state index contributed by atoms with van der Waals surface area (Å²) in [5, 5.41) is 17.8. The smallest absolute Gasteiger partial charge is 0.224 e. The fourth-order valence-electron chi connectivity index (χ4n) is 3.85. The Kier molecular flexibility index (Phi) is 5.84. The van der Waals surface area contributed by atoms with E-state index >= 15 is 0 Å². The Morgan fingerprint density at radius 1 is 1.17 bits per heavy atom. The van der Waals surface area contributed by atoms with Crippen LogP contribution in [-0.4, -0.2) is 68.4 Å². The summed E-state index contributed by atoms with van der Waals surface area (Å²) >= 11 is 0. The highest BCUT2D eigenvalue weighted by molar-refractivity contribution is 5.76. The molecule has 2 aliphatic rings. The van der Waals surface area contributed by atoms with E-state index in [2.05, 4.69) is 19.7 Å². The van der Waals surface area contributed by atoms with Gasteiger partial charge in [0.1, 0.15) is 11.6 Å². The van der Waals surface area contributed by atoms with Crippen LogP contribution in [0.5, 0.6) is 0 Å². The molecule has 1 aromatic heterocycles. The molecular weight excluding hydrogens is 306 g/mol. The standard InChI is InChI=1S/C17H29N5O2/c1-20-15(13-21-8-3-2-4-9-21)18-19-17(20)14-6-5-10-22(12-14)16(24)7-11-23/h14,23H,2-13H2,1H3/t14-/m1/s1. The lowest BCUT2D eigenvalue weighted by molar-refractivity contribution is -0.133. The van der Waals surface area contributed by atoms with Crippen LogP contribution in [-0.2, 0) is 18.4 Å². The molecule has 0 saturated carbocycles. The first-order valence-corrected chi connectivity index (χ1v) is 9.18. The minimum atomic E-state index is -0.0794. The third-order valence-corrected chi connectivity index (χ3v) is 5.28.